The van der Waals surface area contributed by atoms with Gasteiger partial charge in [-0.2, -0.15) is 0 Å². The third-order valence-electron chi connectivity index (χ3n) is 2.74. The molecule has 0 aliphatic heterocycles. The number of hydrogen-bond donors (Lipinski definition) is 3. The van der Waals surface area contributed by atoms with Crippen molar-refractivity contribution in [2.45, 2.75) is 32.3 Å². The third kappa shape index (κ3) is 4.40. The van der Waals surface area contributed by atoms with E-state index in [1.54, 1.807) is 0 Å². The number of thioether (sulfide) groups is 1. The third-order valence-corrected chi connectivity index (χ3v) is 3.29. The summed E-state index contributed by atoms with van der Waals surface area (Å²) in [6.07, 6.45) is 3.05. The zero-order chi connectivity index (χ0) is 12.9. The van der Waals surface area contributed by atoms with Crippen LogP contribution in [0, 0.1) is 5.41 Å². The van der Waals surface area contributed by atoms with Gasteiger partial charge in [-0.3, -0.25) is 0 Å². The molecule has 0 atom stereocenters. The summed E-state index contributed by atoms with van der Waals surface area (Å²) >= 11 is 1.49. The largest absolute Gasteiger partial charge is 0.369 e. The molecule has 4 N–H and O–H groups in total. The van der Waals surface area contributed by atoms with Gasteiger partial charge in [-0.15, -0.1) is 0 Å². The zero-order valence-electron chi connectivity index (χ0n) is 10.9. The Labute approximate surface area is 107 Å². The molecule has 0 saturated heterocycles. The summed E-state index contributed by atoms with van der Waals surface area (Å²) in [5.41, 5.74) is 2.80. The highest BCUT2D eigenvalue weighted by Crippen LogP contribution is 2.22. The number of hydrazine groups is 1. The molecule has 0 unspecified atom stereocenters. The number of nitrogen functional groups attached to an aromatic ring is 1. The Morgan fingerprint density at radius 3 is 2.53 bits per heavy atom. The number of nitrogens with two attached hydrogens (primary N) is 1. The van der Waals surface area contributed by atoms with Crippen LogP contribution in [0.25, 0.3) is 0 Å². The second kappa shape index (κ2) is 6.07. The maximum absolute atomic E-state index is 5.37. The predicted molar refractivity (Wildman–Crippen MR) is 74.2 cm³/mol. The van der Waals surface area contributed by atoms with Crippen LogP contribution in [0.15, 0.2) is 11.2 Å². The highest BCUT2D eigenvalue weighted by Gasteiger charge is 2.15. The van der Waals surface area contributed by atoms with E-state index in [9.17, 15) is 0 Å². The number of aromatic nitrogens is 2. The van der Waals surface area contributed by atoms with Gasteiger partial charge in [0.05, 0.1) is 0 Å². The van der Waals surface area contributed by atoms with Crippen molar-refractivity contribution in [2.24, 2.45) is 11.3 Å². The van der Waals surface area contributed by atoms with Gasteiger partial charge in [0.25, 0.3) is 0 Å². The zero-order valence-corrected chi connectivity index (χ0v) is 11.7. The molecule has 1 aromatic heterocycles. The summed E-state index contributed by atoms with van der Waals surface area (Å²) < 4.78 is 0. The fraction of sp³-hybridized carbons (Fsp3) is 0.636. The fourth-order valence-corrected chi connectivity index (χ4v) is 1.52. The number of hydrogen-bond acceptors (Lipinski definition) is 6. The molecule has 0 aliphatic carbocycles. The number of anilines is 2. The Morgan fingerprint density at radius 1 is 1.35 bits per heavy atom. The van der Waals surface area contributed by atoms with Crippen molar-refractivity contribution >= 4 is 23.4 Å². The maximum Gasteiger partial charge on any atom is 0.191 e. The second-order valence-corrected chi connectivity index (χ2v) is 5.41. The standard InChI is InChI=1S/C11H21N5S/c1-5-11(2,3)7-13-8-6-9(16-12)15-10(14-8)17-4/h6H,5,7,12H2,1-4H3,(H2,13,14,15,16). The maximum atomic E-state index is 5.37. The molecular formula is C11H21N5S. The summed E-state index contributed by atoms with van der Waals surface area (Å²) in [6.45, 7) is 7.50. The molecule has 1 heterocycles. The minimum atomic E-state index is 0.251. The van der Waals surface area contributed by atoms with Crippen molar-refractivity contribution in [1.29, 1.82) is 0 Å². The quantitative estimate of drug-likeness (QED) is 0.313. The smallest absolute Gasteiger partial charge is 0.191 e. The highest BCUT2D eigenvalue weighted by molar-refractivity contribution is 7.98. The number of nitrogens with one attached hydrogen (secondary N) is 2. The van der Waals surface area contributed by atoms with Gasteiger partial charge in [-0.25, -0.2) is 15.8 Å². The van der Waals surface area contributed by atoms with E-state index in [2.05, 4.69) is 41.5 Å². The van der Waals surface area contributed by atoms with Gasteiger partial charge in [-0.05, 0) is 18.1 Å². The first-order valence-electron chi connectivity index (χ1n) is 5.64. The lowest BCUT2D eigenvalue weighted by molar-refractivity contribution is 0.376. The lowest BCUT2D eigenvalue weighted by Gasteiger charge is -2.23. The summed E-state index contributed by atoms with van der Waals surface area (Å²) in [5.74, 6) is 6.80. The highest BCUT2D eigenvalue weighted by atomic mass is 32.2. The number of nitrogens with zero attached hydrogens (tertiary/aromatic N) is 2. The van der Waals surface area contributed by atoms with Gasteiger partial charge in [-0.1, -0.05) is 32.5 Å². The normalized spacial score (nSPS) is 11.4. The Hall–Kier alpha value is -1.01. The van der Waals surface area contributed by atoms with Crippen LogP contribution in [0.3, 0.4) is 0 Å². The molecule has 96 valence electrons. The molecule has 6 heteroatoms. The molecule has 17 heavy (non-hydrogen) atoms. The van der Waals surface area contributed by atoms with Gasteiger partial charge in [0.2, 0.25) is 0 Å². The predicted octanol–water partition coefficient (Wildman–Crippen LogP) is 2.33. The molecule has 0 saturated carbocycles. The first-order valence-corrected chi connectivity index (χ1v) is 6.87. The molecule has 1 aromatic rings. The topological polar surface area (TPSA) is 75.9 Å². The average molecular weight is 255 g/mol. The van der Waals surface area contributed by atoms with Crippen LogP contribution in [0.5, 0.6) is 0 Å². The molecule has 0 radical (unpaired) electrons. The van der Waals surface area contributed by atoms with E-state index in [0.717, 1.165) is 18.8 Å². The van der Waals surface area contributed by atoms with Gasteiger partial charge in [0.15, 0.2) is 5.16 Å². The van der Waals surface area contributed by atoms with Crippen LogP contribution in [-0.4, -0.2) is 22.8 Å². The second-order valence-electron chi connectivity index (χ2n) is 4.64. The minimum Gasteiger partial charge on any atom is -0.369 e. The van der Waals surface area contributed by atoms with Gasteiger partial charge >= 0.3 is 0 Å². The molecule has 0 aliphatic rings. The molecular weight excluding hydrogens is 234 g/mol. The molecule has 5 nitrogen and oxygen atoms in total. The van der Waals surface area contributed by atoms with Gasteiger partial charge in [0.1, 0.15) is 11.6 Å². The van der Waals surface area contributed by atoms with E-state index in [-0.39, 0.29) is 5.41 Å². The van der Waals surface area contributed by atoms with E-state index in [1.165, 1.54) is 11.8 Å². The molecule has 1 rings (SSSR count). The van der Waals surface area contributed by atoms with Crippen LogP contribution in [0.2, 0.25) is 0 Å². The van der Waals surface area contributed by atoms with Crippen LogP contribution in [0.4, 0.5) is 11.6 Å². The monoisotopic (exact) mass is 255 g/mol. The van der Waals surface area contributed by atoms with Crippen molar-refractivity contribution in [2.75, 3.05) is 23.5 Å². The van der Waals surface area contributed by atoms with Crippen molar-refractivity contribution in [3.63, 3.8) is 0 Å². The summed E-state index contributed by atoms with van der Waals surface area (Å²) in [4.78, 5) is 8.59. The summed E-state index contributed by atoms with van der Waals surface area (Å²) in [6, 6.07) is 1.81. The molecule has 0 fully saturated rings. The fourth-order valence-electron chi connectivity index (χ4n) is 1.14. The van der Waals surface area contributed by atoms with E-state index < -0.39 is 0 Å². The van der Waals surface area contributed by atoms with Gasteiger partial charge < -0.3 is 10.7 Å². The first-order chi connectivity index (χ1) is 8.00. The van der Waals surface area contributed by atoms with Crippen molar-refractivity contribution in [1.82, 2.24) is 9.97 Å². The Morgan fingerprint density at radius 2 is 2.00 bits per heavy atom. The number of rotatable bonds is 6. The first kappa shape index (κ1) is 14.1. The van der Waals surface area contributed by atoms with Gasteiger partial charge in [0, 0.05) is 12.6 Å². The lowest BCUT2D eigenvalue weighted by atomic mass is 9.90. The Kier molecular flexibility index (Phi) is 5.02. The van der Waals surface area contributed by atoms with E-state index >= 15 is 0 Å². The van der Waals surface area contributed by atoms with Crippen molar-refractivity contribution in [3.05, 3.63) is 6.07 Å². The van der Waals surface area contributed by atoms with Crippen LogP contribution >= 0.6 is 11.8 Å². The van der Waals surface area contributed by atoms with Crippen LogP contribution in [-0.2, 0) is 0 Å². The molecule has 0 spiro atoms. The summed E-state index contributed by atoms with van der Waals surface area (Å²) in [7, 11) is 0. The van der Waals surface area contributed by atoms with E-state index in [4.69, 9.17) is 5.84 Å². The minimum absolute atomic E-state index is 0.251. The van der Waals surface area contributed by atoms with Crippen LogP contribution in [0.1, 0.15) is 27.2 Å². The Balaban J connectivity index is 2.76. The van der Waals surface area contributed by atoms with E-state index in [1.807, 2.05) is 12.3 Å². The average Bonchev–Trinajstić information content (AvgIpc) is 2.36. The molecule has 0 aromatic carbocycles. The molecule has 0 amide bonds. The Bertz CT molecular complexity index is 345. The van der Waals surface area contributed by atoms with Crippen molar-refractivity contribution in [3.8, 4) is 0 Å². The lowest BCUT2D eigenvalue weighted by Crippen LogP contribution is -2.22. The van der Waals surface area contributed by atoms with Crippen molar-refractivity contribution < 1.29 is 0 Å². The SMILES string of the molecule is CCC(C)(C)CNc1cc(NN)nc(SC)n1. The molecule has 0 bridgehead atoms. The van der Waals surface area contributed by atoms with Crippen LogP contribution < -0.4 is 16.6 Å². The summed E-state index contributed by atoms with van der Waals surface area (Å²) in [5, 5.41) is 4.03. The van der Waals surface area contributed by atoms with E-state index in [0.29, 0.717) is 11.0 Å².